The fourth-order valence-corrected chi connectivity index (χ4v) is 4.22. The Hall–Kier alpha value is -1.41. The van der Waals surface area contributed by atoms with Gasteiger partial charge in [-0.2, -0.15) is 4.31 Å². The number of sulfonamides is 1. The molecule has 0 heterocycles. The average Bonchev–Trinajstić information content (AvgIpc) is 2.54. The van der Waals surface area contributed by atoms with Crippen molar-refractivity contribution in [3.63, 3.8) is 0 Å². The summed E-state index contributed by atoms with van der Waals surface area (Å²) in [4.78, 5) is 11.5. The molecule has 5 nitrogen and oxygen atoms in total. The number of ether oxygens (including phenoxy) is 1. The number of methoxy groups -OCH3 is 1. The van der Waals surface area contributed by atoms with E-state index in [1.807, 2.05) is 0 Å². The minimum atomic E-state index is -3.73. The third kappa shape index (κ3) is 4.16. The van der Waals surface area contributed by atoms with Gasteiger partial charge in [-0.1, -0.05) is 39.7 Å². The maximum Gasteiger partial charge on any atom is 0.337 e. The van der Waals surface area contributed by atoms with Gasteiger partial charge >= 0.3 is 5.97 Å². The summed E-state index contributed by atoms with van der Waals surface area (Å²) in [6.45, 7) is 0.149. The van der Waals surface area contributed by atoms with E-state index in [0.29, 0.717) is 10.0 Å². The number of halogens is 2. The molecule has 0 aliphatic carbocycles. The maximum absolute atomic E-state index is 12.6. The highest BCUT2D eigenvalue weighted by molar-refractivity contribution is 9.10. The quantitative estimate of drug-likeness (QED) is 0.676. The third-order valence-electron chi connectivity index (χ3n) is 3.36. The van der Waals surface area contributed by atoms with Gasteiger partial charge in [0.15, 0.2) is 0 Å². The molecule has 0 radical (unpaired) electrons. The van der Waals surface area contributed by atoms with Crippen molar-refractivity contribution < 1.29 is 17.9 Å². The number of hydrogen-bond acceptors (Lipinski definition) is 4. The van der Waals surface area contributed by atoms with Crippen molar-refractivity contribution in [2.45, 2.75) is 11.4 Å². The highest BCUT2D eigenvalue weighted by atomic mass is 79.9. The van der Waals surface area contributed by atoms with Gasteiger partial charge in [0, 0.05) is 18.1 Å². The summed E-state index contributed by atoms with van der Waals surface area (Å²) in [5.74, 6) is -0.441. The molecule has 2 aromatic carbocycles. The molecule has 8 heteroatoms. The first-order valence-corrected chi connectivity index (χ1v) is 9.45. The number of esters is 1. The molecule has 0 aliphatic rings. The molecule has 0 aromatic heterocycles. The number of nitrogens with zero attached hydrogens (tertiary/aromatic N) is 1. The Morgan fingerprint density at radius 2 is 1.83 bits per heavy atom. The highest BCUT2D eigenvalue weighted by Gasteiger charge is 2.23. The van der Waals surface area contributed by atoms with Crippen LogP contribution in [0.5, 0.6) is 0 Å². The number of carbonyl (C=O) groups excluding carboxylic acids is 1. The smallest absolute Gasteiger partial charge is 0.337 e. The normalized spacial score (nSPS) is 11.5. The van der Waals surface area contributed by atoms with E-state index in [2.05, 4.69) is 20.7 Å². The third-order valence-corrected chi connectivity index (χ3v) is 6.14. The van der Waals surface area contributed by atoms with Gasteiger partial charge in [-0.25, -0.2) is 13.2 Å². The van der Waals surface area contributed by atoms with Crippen molar-refractivity contribution >= 4 is 43.5 Å². The van der Waals surface area contributed by atoms with Gasteiger partial charge in [-0.05, 0) is 35.9 Å². The van der Waals surface area contributed by atoms with Crippen molar-refractivity contribution in [1.82, 2.24) is 4.31 Å². The molecule has 0 saturated heterocycles. The number of carbonyl (C=O) groups is 1. The summed E-state index contributed by atoms with van der Waals surface area (Å²) in [5, 5.41) is 0.150. The van der Waals surface area contributed by atoms with Crippen molar-refractivity contribution in [3.05, 3.63) is 63.1 Å². The Morgan fingerprint density at radius 1 is 1.21 bits per heavy atom. The Balaban J connectivity index is 2.22. The van der Waals surface area contributed by atoms with E-state index < -0.39 is 16.0 Å². The van der Waals surface area contributed by atoms with Crippen LogP contribution in [-0.2, 0) is 21.3 Å². The van der Waals surface area contributed by atoms with Crippen LogP contribution in [0.15, 0.2) is 51.8 Å². The van der Waals surface area contributed by atoms with Gasteiger partial charge < -0.3 is 4.74 Å². The monoisotopic (exact) mass is 431 g/mol. The molecule has 0 amide bonds. The zero-order valence-corrected chi connectivity index (χ0v) is 16.2. The second-order valence-electron chi connectivity index (χ2n) is 5.02. The predicted octanol–water partition coefficient (Wildman–Crippen LogP) is 3.71. The molecule has 128 valence electrons. The van der Waals surface area contributed by atoms with Gasteiger partial charge in [0.25, 0.3) is 0 Å². The largest absolute Gasteiger partial charge is 0.465 e. The fraction of sp³-hybridized carbons (Fsp3) is 0.188. The molecule has 0 unspecified atom stereocenters. The van der Waals surface area contributed by atoms with Crippen molar-refractivity contribution in [1.29, 1.82) is 0 Å². The topological polar surface area (TPSA) is 63.7 Å². The number of benzene rings is 2. The minimum Gasteiger partial charge on any atom is -0.465 e. The van der Waals surface area contributed by atoms with Crippen molar-refractivity contribution in [3.8, 4) is 0 Å². The lowest BCUT2D eigenvalue weighted by Gasteiger charge is -2.18. The summed E-state index contributed by atoms with van der Waals surface area (Å²) in [5.41, 5.74) is 1.14. The first kappa shape index (κ1) is 18.9. The summed E-state index contributed by atoms with van der Waals surface area (Å²) in [6, 6.07) is 11.2. The minimum absolute atomic E-state index is 0.0426. The first-order valence-electron chi connectivity index (χ1n) is 6.84. The molecule has 0 atom stereocenters. The molecule has 0 aliphatic heterocycles. The lowest BCUT2D eigenvalue weighted by molar-refractivity contribution is 0.0600. The molecular weight excluding hydrogens is 418 g/mol. The molecule has 0 fully saturated rings. The summed E-state index contributed by atoms with van der Waals surface area (Å²) >= 11 is 9.29. The van der Waals surface area contributed by atoms with Crippen LogP contribution in [0.25, 0.3) is 0 Å². The van der Waals surface area contributed by atoms with E-state index in [-0.39, 0.29) is 16.5 Å². The van der Waals surface area contributed by atoms with Crippen LogP contribution in [0.1, 0.15) is 15.9 Å². The lowest BCUT2D eigenvalue weighted by Crippen LogP contribution is -2.26. The Bertz CT molecular complexity index is 853. The summed E-state index contributed by atoms with van der Waals surface area (Å²) < 4.78 is 31.8. The van der Waals surface area contributed by atoms with Gasteiger partial charge in [0.05, 0.1) is 17.7 Å². The van der Waals surface area contributed by atoms with E-state index in [1.54, 1.807) is 30.3 Å². The SMILES string of the molecule is COC(=O)c1ccc(CN(C)S(=O)(=O)c2ccc(Br)cc2Cl)cc1. The number of hydrogen-bond donors (Lipinski definition) is 0. The molecule has 2 rings (SSSR count). The van der Waals surface area contributed by atoms with Crippen LogP contribution in [-0.4, -0.2) is 32.8 Å². The van der Waals surface area contributed by atoms with E-state index in [9.17, 15) is 13.2 Å². The molecule has 0 saturated carbocycles. The van der Waals surface area contributed by atoms with Crippen LogP contribution in [0.3, 0.4) is 0 Å². The number of rotatable bonds is 5. The average molecular weight is 433 g/mol. The standard InChI is InChI=1S/C16H15BrClNO4S/c1-19(10-11-3-5-12(6-4-11)16(20)23-2)24(21,22)15-8-7-13(17)9-14(15)18/h3-9H,10H2,1-2H3. The van der Waals surface area contributed by atoms with E-state index >= 15 is 0 Å². The van der Waals surface area contributed by atoms with E-state index in [4.69, 9.17) is 11.6 Å². The zero-order valence-electron chi connectivity index (χ0n) is 13.0. The Labute approximate surface area is 154 Å². The second kappa shape index (κ2) is 7.65. The van der Waals surface area contributed by atoms with Crippen LogP contribution in [0, 0.1) is 0 Å². The molecule has 0 bridgehead atoms. The van der Waals surface area contributed by atoms with Crippen molar-refractivity contribution in [2.75, 3.05) is 14.2 Å². The molecule has 24 heavy (non-hydrogen) atoms. The second-order valence-corrected chi connectivity index (χ2v) is 8.36. The Kier molecular flexibility index (Phi) is 6.03. The molecular formula is C16H15BrClNO4S. The van der Waals surface area contributed by atoms with Crippen LogP contribution >= 0.6 is 27.5 Å². The summed E-state index contributed by atoms with van der Waals surface area (Å²) in [7, 11) is -0.949. The van der Waals surface area contributed by atoms with Gasteiger partial charge in [-0.15, -0.1) is 0 Å². The predicted molar refractivity (Wildman–Crippen MR) is 95.6 cm³/mol. The lowest BCUT2D eigenvalue weighted by atomic mass is 10.1. The first-order chi connectivity index (χ1) is 11.3. The van der Waals surface area contributed by atoms with Gasteiger partial charge in [0.2, 0.25) is 10.0 Å². The molecule has 0 N–H and O–H groups in total. The highest BCUT2D eigenvalue weighted by Crippen LogP contribution is 2.27. The van der Waals surface area contributed by atoms with Crippen LogP contribution in [0.2, 0.25) is 5.02 Å². The Morgan fingerprint density at radius 3 is 2.38 bits per heavy atom. The zero-order chi connectivity index (χ0) is 17.9. The molecule has 0 spiro atoms. The fourth-order valence-electron chi connectivity index (χ4n) is 2.06. The van der Waals surface area contributed by atoms with Crippen LogP contribution < -0.4 is 0 Å². The van der Waals surface area contributed by atoms with Crippen LogP contribution in [0.4, 0.5) is 0 Å². The van der Waals surface area contributed by atoms with E-state index in [0.717, 1.165) is 5.56 Å². The van der Waals surface area contributed by atoms with Gasteiger partial charge in [-0.3, -0.25) is 0 Å². The summed E-state index contributed by atoms with van der Waals surface area (Å²) in [6.07, 6.45) is 0. The van der Waals surface area contributed by atoms with E-state index in [1.165, 1.54) is 30.6 Å². The van der Waals surface area contributed by atoms with Crippen molar-refractivity contribution in [2.24, 2.45) is 0 Å². The molecule has 2 aromatic rings. The maximum atomic E-state index is 12.6. The van der Waals surface area contributed by atoms with Gasteiger partial charge in [0.1, 0.15) is 4.90 Å².